The lowest BCUT2D eigenvalue weighted by atomic mass is 10.0. The highest BCUT2D eigenvalue weighted by Gasteiger charge is 2.22. The summed E-state index contributed by atoms with van der Waals surface area (Å²) in [6.45, 7) is 11.4. The van der Waals surface area contributed by atoms with Crippen molar-refractivity contribution in [2.45, 2.75) is 60.7 Å². The van der Waals surface area contributed by atoms with Gasteiger partial charge in [0.25, 0.3) is 5.56 Å². The molecule has 2 aromatic heterocycles. The lowest BCUT2D eigenvalue weighted by molar-refractivity contribution is 0.0688. The Morgan fingerprint density at radius 1 is 0.974 bits per heavy atom. The van der Waals surface area contributed by atoms with Crippen LogP contribution in [0.5, 0.6) is 5.88 Å². The minimum atomic E-state index is -1.21. The zero-order chi connectivity index (χ0) is 27.9. The van der Waals surface area contributed by atoms with Crippen LogP contribution < -0.4 is 10.3 Å². The molecule has 0 aliphatic rings. The smallest absolute Gasteiger partial charge is 0.264 e. The van der Waals surface area contributed by atoms with Crippen LogP contribution in [0, 0.1) is 46.3 Å². The molecule has 0 saturated heterocycles. The molecule has 38 heavy (non-hydrogen) atoms. The van der Waals surface area contributed by atoms with Crippen LogP contribution in [0.25, 0.3) is 16.9 Å². The third-order valence-corrected chi connectivity index (χ3v) is 6.44. The summed E-state index contributed by atoms with van der Waals surface area (Å²) in [6, 6.07) is 8.14. The second kappa shape index (κ2) is 10.1. The number of aryl methyl sites for hydroxylation is 3. The number of aromatic nitrogens is 4. The van der Waals surface area contributed by atoms with E-state index in [1.54, 1.807) is 33.9 Å². The SMILES string of the molecule is Cc1ccc(-c2nc(C(C)(C)O)ncc2C)cc1-n1c(C)nc(OCc2ccc(F)c(C)c2F)c(C)c1=O. The normalized spacial score (nSPS) is 11.6. The van der Waals surface area contributed by atoms with E-state index in [1.165, 1.54) is 23.6 Å². The summed E-state index contributed by atoms with van der Waals surface area (Å²) < 4.78 is 35.2. The molecule has 198 valence electrons. The second-order valence-corrected chi connectivity index (χ2v) is 9.95. The molecule has 0 fully saturated rings. The number of halogens is 2. The third kappa shape index (κ3) is 5.06. The van der Waals surface area contributed by atoms with Crippen molar-refractivity contribution in [1.29, 1.82) is 0 Å². The Balaban J connectivity index is 1.75. The van der Waals surface area contributed by atoms with Crippen molar-refractivity contribution in [3.63, 3.8) is 0 Å². The molecule has 2 heterocycles. The fraction of sp³-hybridized carbons (Fsp3) is 0.310. The molecule has 0 aliphatic heterocycles. The summed E-state index contributed by atoms with van der Waals surface area (Å²) in [4.78, 5) is 26.8. The van der Waals surface area contributed by atoms with Crippen LogP contribution in [0.2, 0.25) is 0 Å². The van der Waals surface area contributed by atoms with E-state index in [2.05, 4.69) is 15.0 Å². The van der Waals surface area contributed by atoms with Crippen molar-refractivity contribution >= 4 is 0 Å². The Labute approximate surface area is 219 Å². The van der Waals surface area contributed by atoms with Crippen molar-refractivity contribution < 1.29 is 18.6 Å². The first-order chi connectivity index (χ1) is 17.8. The Bertz CT molecular complexity index is 1610. The molecule has 0 aliphatic carbocycles. The van der Waals surface area contributed by atoms with Crippen LogP contribution in [-0.4, -0.2) is 24.6 Å². The predicted molar refractivity (Wildman–Crippen MR) is 140 cm³/mol. The summed E-state index contributed by atoms with van der Waals surface area (Å²) in [5, 5.41) is 10.4. The Morgan fingerprint density at radius 3 is 2.37 bits per heavy atom. The van der Waals surface area contributed by atoms with Gasteiger partial charge in [-0.2, -0.15) is 4.98 Å². The summed E-state index contributed by atoms with van der Waals surface area (Å²) in [6.07, 6.45) is 1.66. The molecular formula is C29H30F2N4O3. The average molecular weight is 521 g/mol. The van der Waals surface area contributed by atoms with Crippen LogP contribution in [0.15, 0.2) is 41.3 Å². The van der Waals surface area contributed by atoms with E-state index in [1.807, 2.05) is 32.0 Å². The topological polar surface area (TPSA) is 90.1 Å². The maximum Gasteiger partial charge on any atom is 0.264 e. The van der Waals surface area contributed by atoms with E-state index in [-0.39, 0.29) is 34.7 Å². The van der Waals surface area contributed by atoms with Crippen molar-refractivity contribution in [3.8, 4) is 22.8 Å². The molecule has 1 N–H and O–H groups in total. The van der Waals surface area contributed by atoms with Gasteiger partial charge in [0.2, 0.25) is 5.88 Å². The number of hydrogen-bond acceptors (Lipinski definition) is 6. The van der Waals surface area contributed by atoms with E-state index >= 15 is 0 Å². The molecule has 9 heteroatoms. The molecule has 2 aromatic carbocycles. The van der Waals surface area contributed by atoms with E-state index in [4.69, 9.17) is 4.74 Å². The van der Waals surface area contributed by atoms with Gasteiger partial charge in [0.1, 0.15) is 29.7 Å². The van der Waals surface area contributed by atoms with E-state index < -0.39 is 17.2 Å². The number of aliphatic hydroxyl groups is 1. The first kappa shape index (κ1) is 27.1. The van der Waals surface area contributed by atoms with Crippen molar-refractivity contribution in [2.24, 2.45) is 0 Å². The second-order valence-electron chi connectivity index (χ2n) is 9.95. The molecule has 0 atom stereocenters. The van der Waals surface area contributed by atoms with Crippen LogP contribution in [0.1, 0.15) is 53.3 Å². The standard InChI is InChI=1S/C29H30F2N4O3/c1-15-8-9-20(25-16(2)13-32-28(34-25)29(6,7)37)12-23(15)35-19(5)33-26(18(4)27(35)36)38-14-21-10-11-22(30)17(3)24(21)31/h8-13,37H,14H2,1-7H3. The Kier molecular flexibility index (Phi) is 7.16. The zero-order valence-corrected chi connectivity index (χ0v) is 22.5. The van der Waals surface area contributed by atoms with Gasteiger partial charge in [-0.1, -0.05) is 12.1 Å². The highest BCUT2D eigenvalue weighted by Crippen LogP contribution is 2.28. The Morgan fingerprint density at radius 2 is 1.68 bits per heavy atom. The monoisotopic (exact) mass is 520 g/mol. The molecule has 4 rings (SSSR count). The minimum Gasteiger partial charge on any atom is -0.472 e. The fourth-order valence-corrected chi connectivity index (χ4v) is 4.11. The van der Waals surface area contributed by atoms with Crippen LogP contribution in [-0.2, 0) is 12.2 Å². The number of ether oxygens (including phenoxy) is 1. The largest absolute Gasteiger partial charge is 0.472 e. The fourth-order valence-electron chi connectivity index (χ4n) is 4.11. The molecule has 0 unspecified atom stereocenters. The Hall–Kier alpha value is -3.98. The molecule has 0 saturated carbocycles. The number of hydrogen-bond donors (Lipinski definition) is 1. The highest BCUT2D eigenvalue weighted by molar-refractivity contribution is 5.67. The average Bonchev–Trinajstić information content (AvgIpc) is 2.85. The van der Waals surface area contributed by atoms with Gasteiger partial charge >= 0.3 is 0 Å². The van der Waals surface area contributed by atoms with Gasteiger partial charge in [-0.15, -0.1) is 0 Å². The first-order valence-corrected chi connectivity index (χ1v) is 12.1. The van der Waals surface area contributed by atoms with Gasteiger partial charge in [-0.25, -0.2) is 18.7 Å². The highest BCUT2D eigenvalue weighted by atomic mass is 19.1. The molecule has 0 radical (unpaired) electrons. The summed E-state index contributed by atoms with van der Waals surface area (Å²) in [5.74, 6) is -0.568. The predicted octanol–water partition coefficient (Wildman–Crippen LogP) is 5.32. The molecule has 0 bridgehead atoms. The van der Waals surface area contributed by atoms with Gasteiger partial charge in [0.15, 0.2) is 5.82 Å². The van der Waals surface area contributed by atoms with Crippen LogP contribution in [0.4, 0.5) is 8.78 Å². The van der Waals surface area contributed by atoms with Gasteiger partial charge in [0, 0.05) is 22.9 Å². The van der Waals surface area contributed by atoms with E-state index in [0.717, 1.165) is 16.7 Å². The lowest BCUT2D eigenvalue weighted by Crippen LogP contribution is -2.26. The summed E-state index contributed by atoms with van der Waals surface area (Å²) >= 11 is 0. The molecule has 0 amide bonds. The van der Waals surface area contributed by atoms with Crippen LogP contribution in [0.3, 0.4) is 0 Å². The van der Waals surface area contributed by atoms with Crippen molar-refractivity contribution in [3.05, 3.63) is 98.0 Å². The lowest BCUT2D eigenvalue weighted by Gasteiger charge is -2.19. The first-order valence-electron chi connectivity index (χ1n) is 12.1. The molecule has 4 aromatic rings. The van der Waals surface area contributed by atoms with Gasteiger partial charge in [-0.05, 0) is 77.8 Å². The van der Waals surface area contributed by atoms with Gasteiger partial charge in [0.05, 0.1) is 16.9 Å². The third-order valence-electron chi connectivity index (χ3n) is 6.44. The van der Waals surface area contributed by atoms with E-state index in [9.17, 15) is 18.7 Å². The van der Waals surface area contributed by atoms with Crippen molar-refractivity contribution in [1.82, 2.24) is 19.5 Å². The summed E-state index contributed by atoms with van der Waals surface area (Å²) in [7, 11) is 0. The maximum atomic E-state index is 14.4. The van der Waals surface area contributed by atoms with Gasteiger partial charge in [-0.3, -0.25) is 9.36 Å². The number of nitrogens with zero attached hydrogens (tertiary/aromatic N) is 4. The van der Waals surface area contributed by atoms with Crippen molar-refractivity contribution in [2.75, 3.05) is 0 Å². The molecule has 0 spiro atoms. The quantitative estimate of drug-likeness (QED) is 0.370. The van der Waals surface area contributed by atoms with Crippen LogP contribution >= 0.6 is 0 Å². The number of rotatable bonds is 6. The van der Waals surface area contributed by atoms with E-state index in [0.29, 0.717) is 23.0 Å². The zero-order valence-electron chi connectivity index (χ0n) is 22.5. The molecule has 7 nitrogen and oxygen atoms in total. The van der Waals surface area contributed by atoms with Gasteiger partial charge < -0.3 is 9.84 Å². The number of benzene rings is 2. The minimum absolute atomic E-state index is 0.0837. The maximum absolute atomic E-state index is 14.4. The molecular weight excluding hydrogens is 490 g/mol. The summed E-state index contributed by atoms with van der Waals surface area (Å²) in [5.41, 5.74) is 2.46.